The highest BCUT2D eigenvalue weighted by Crippen LogP contribution is 2.16. The molecule has 0 saturated carbocycles. The molecule has 2 aromatic heterocycles. The zero-order chi connectivity index (χ0) is 12.3. The second-order valence-electron chi connectivity index (χ2n) is 3.88. The van der Waals surface area contributed by atoms with Crippen LogP contribution in [0, 0.1) is 0 Å². The van der Waals surface area contributed by atoms with Gasteiger partial charge in [0, 0.05) is 6.54 Å². The number of fused-ring (bicyclic) bond motifs is 1. The van der Waals surface area contributed by atoms with Gasteiger partial charge in [-0.05, 0) is 13.8 Å². The molecule has 4 N–H and O–H groups in total. The van der Waals surface area contributed by atoms with E-state index in [2.05, 4.69) is 25.3 Å². The monoisotopic (exact) mass is 236 g/mol. The lowest BCUT2D eigenvalue weighted by molar-refractivity contribution is 0.0870. The van der Waals surface area contributed by atoms with Gasteiger partial charge in [0.05, 0.1) is 19.0 Å². The van der Waals surface area contributed by atoms with Gasteiger partial charge in [-0.15, -0.1) is 0 Å². The summed E-state index contributed by atoms with van der Waals surface area (Å²) in [6, 6.07) is 0. The Bertz CT molecular complexity index is 495. The molecule has 7 nitrogen and oxygen atoms in total. The topological polar surface area (TPSA) is 102 Å². The van der Waals surface area contributed by atoms with Crippen LogP contribution in [0.3, 0.4) is 0 Å². The lowest BCUT2D eigenvalue weighted by Crippen LogP contribution is -2.14. The average molecular weight is 236 g/mol. The first-order valence-electron chi connectivity index (χ1n) is 5.49. The third-order valence-corrected chi connectivity index (χ3v) is 2.15. The number of imidazole rings is 1. The predicted octanol–water partition coefficient (Wildman–Crippen LogP) is 0.772. The summed E-state index contributed by atoms with van der Waals surface area (Å²) in [6.45, 7) is 5.26. The molecule has 0 saturated heterocycles. The Labute approximate surface area is 98.8 Å². The van der Waals surface area contributed by atoms with Crippen LogP contribution in [0.15, 0.2) is 6.33 Å². The fourth-order valence-electron chi connectivity index (χ4n) is 1.44. The molecule has 0 atom stereocenters. The SMILES string of the molecule is CC(C)OCCNc1nc(N)nc2nc[nH]c12. The van der Waals surface area contributed by atoms with Gasteiger partial charge in [0.2, 0.25) is 5.95 Å². The van der Waals surface area contributed by atoms with Crippen LogP contribution in [-0.2, 0) is 4.74 Å². The lowest BCUT2D eigenvalue weighted by atomic mass is 10.4. The van der Waals surface area contributed by atoms with Gasteiger partial charge < -0.3 is 20.8 Å². The Hall–Kier alpha value is -1.89. The molecule has 0 aliphatic carbocycles. The summed E-state index contributed by atoms with van der Waals surface area (Å²) in [5.41, 5.74) is 6.90. The molecule has 0 amide bonds. The van der Waals surface area contributed by atoms with E-state index in [1.54, 1.807) is 6.33 Å². The van der Waals surface area contributed by atoms with E-state index < -0.39 is 0 Å². The summed E-state index contributed by atoms with van der Waals surface area (Å²) < 4.78 is 5.42. The molecule has 2 heterocycles. The maximum absolute atomic E-state index is 5.59. The maximum Gasteiger partial charge on any atom is 0.224 e. The number of hydrogen-bond acceptors (Lipinski definition) is 6. The van der Waals surface area contributed by atoms with Crippen molar-refractivity contribution in [3.05, 3.63) is 6.33 Å². The molecule has 0 aliphatic heterocycles. The normalized spacial score (nSPS) is 11.2. The number of anilines is 2. The summed E-state index contributed by atoms with van der Waals surface area (Å²) in [7, 11) is 0. The number of nitrogen functional groups attached to an aromatic ring is 1. The Kier molecular flexibility index (Phi) is 3.38. The molecule has 0 radical (unpaired) electrons. The van der Waals surface area contributed by atoms with Crippen LogP contribution in [0.1, 0.15) is 13.8 Å². The number of nitrogens with zero attached hydrogens (tertiary/aromatic N) is 3. The third kappa shape index (κ3) is 2.82. The minimum Gasteiger partial charge on any atom is -0.377 e. The van der Waals surface area contributed by atoms with E-state index in [0.717, 1.165) is 5.52 Å². The van der Waals surface area contributed by atoms with Crippen molar-refractivity contribution in [2.24, 2.45) is 0 Å². The van der Waals surface area contributed by atoms with E-state index in [-0.39, 0.29) is 12.1 Å². The molecule has 0 spiro atoms. The van der Waals surface area contributed by atoms with Gasteiger partial charge in [-0.25, -0.2) is 4.98 Å². The highest BCUT2D eigenvalue weighted by Gasteiger charge is 2.07. The van der Waals surface area contributed by atoms with Crippen LogP contribution >= 0.6 is 0 Å². The third-order valence-electron chi connectivity index (χ3n) is 2.15. The molecular formula is C10H16N6O. The Balaban J connectivity index is 2.04. The smallest absolute Gasteiger partial charge is 0.224 e. The van der Waals surface area contributed by atoms with Crippen molar-refractivity contribution in [2.45, 2.75) is 20.0 Å². The zero-order valence-electron chi connectivity index (χ0n) is 9.90. The Morgan fingerprint density at radius 3 is 3.06 bits per heavy atom. The predicted molar refractivity (Wildman–Crippen MR) is 65.7 cm³/mol. The number of aromatic nitrogens is 4. The van der Waals surface area contributed by atoms with Crippen LogP contribution in [0.2, 0.25) is 0 Å². The largest absolute Gasteiger partial charge is 0.377 e. The highest BCUT2D eigenvalue weighted by atomic mass is 16.5. The molecule has 17 heavy (non-hydrogen) atoms. The fraction of sp³-hybridized carbons (Fsp3) is 0.500. The molecule has 0 aromatic carbocycles. The summed E-state index contributed by atoms with van der Waals surface area (Å²) in [6.07, 6.45) is 1.79. The lowest BCUT2D eigenvalue weighted by Gasteiger charge is -2.09. The van der Waals surface area contributed by atoms with Crippen molar-refractivity contribution in [1.82, 2.24) is 19.9 Å². The standard InChI is InChI=1S/C10H16N6O/c1-6(2)17-4-3-12-8-7-9(14-5-13-7)16-10(11)15-8/h5-6H,3-4H2,1-2H3,(H4,11,12,13,14,15,16). The van der Waals surface area contributed by atoms with Gasteiger partial charge in [0.15, 0.2) is 11.5 Å². The molecule has 7 heteroatoms. The van der Waals surface area contributed by atoms with E-state index in [0.29, 0.717) is 24.6 Å². The van der Waals surface area contributed by atoms with Crippen LogP contribution in [-0.4, -0.2) is 39.2 Å². The van der Waals surface area contributed by atoms with E-state index in [1.807, 2.05) is 13.8 Å². The number of nitrogens with two attached hydrogens (primary N) is 1. The van der Waals surface area contributed by atoms with Gasteiger partial charge >= 0.3 is 0 Å². The minimum atomic E-state index is 0.205. The van der Waals surface area contributed by atoms with Crippen LogP contribution < -0.4 is 11.1 Å². The van der Waals surface area contributed by atoms with Gasteiger partial charge in [-0.3, -0.25) is 0 Å². The first-order valence-corrected chi connectivity index (χ1v) is 5.49. The van der Waals surface area contributed by atoms with Crippen molar-refractivity contribution >= 4 is 22.9 Å². The molecule has 92 valence electrons. The van der Waals surface area contributed by atoms with Crippen LogP contribution in [0.4, 0.5) is 11.8 Å². The van der Waals surface area contributed by atoms with E-state index in [1.165, 1.54) is 0 Å². The Morgan fingerprint density at radius 2 is 2.29 bits per heavy atom. The van der Waals surface area contributed by atoms with Crippen LogP contribution in [0.25, 0.3) is 11.2 Å². The van der Waals surface area contributed by atoms with Crippen molar-refractivity contribution in [3.8, 4) is 0 Å². The van der Waals surface area contributed by atoms with Gasteiger partial charge in [0.25, 0.3) is 0 Å². The molecule has 0 bridgehead atoms. The minimum absolute atomic E-state index is 0.205. The molecule has 2 rings (SSSR count). The first kappa shape index (κ1) is 11.6. The van der Waals surface area contributed by atoms with Crippen molar-refractivity contribution in [1.29, 1.82) is 0 Å². The van der Waals surface area contributed by atoms with Crippen LogP contribution in [0.5, 0.6) is 0 Å². The van der Waals surface area contributed by atoms with Gasteiger partial charge in [-0.1, -0.05) is 0 Å². The zero-order valence-corrected chi connectivity index (χ0v) is 9.90. The number of aromatic amines is 1. The van der Waals surface area contributed by atoms with Crippen molar-refractivity contribution < 1.29 is 4.74 Å². The summed E-state index contributed by atoms with van der Waals surface area (Å²) in [5, 5.41) is 3.14. The number of rotatable bonds is 5. The maximum atomic E-state index is 5.59. The van der Waals surface area contributed by atoms with E-state index >= 15 is 0 Å². The molecular weight excluding hydrogens is 220 g/mol. The molecule has 0 fully saturated rings. The van der Waals surface area contributed by atoms with Crippen molar-refractivity contribution in [2.75, 3.05) is 24.2 Å². The average Bonchev–Trinajstić information content (AvgIpc) is 2.71. The second kappa shape index (κ2) is 4.96. The number of ether oxygens (including phenoxy) is 1. The van der Waals surface area contributed by atoms with Gasteiger partial charge in [0.1, 0.15) is 5.52 Å². The fourth-order valence-corrected chi connectivity index (χ4v) is 1.44. The highest BCUT2D eigenvalue weighted by molar-refractivity contribution is 5.83. The molecule has 0 unspecified atom stereocenters. The summed E-state index contributed by atoms with van der Waals surface area (Å²) in [4.78, 5) is 15.1. The van der Waals surface area contributed by atoms with E-state index in [4.69, 9.17) is 10.5 Å². The van der Waals surface area contributed by atoms with Crippen molar-refractivity contribution in [3.63, 3.8) is 0 Å². The second-order valence-corrected chi connectivity index (χ2v) is 3.88. The molecule has 2 aromatic rings. The summed E-state index contributed by atoms with van der Waals surface area (Å²) in [5.74, 6) is 0.856. The summed E-state index contributed by atoms with van der Waals surface area (Å²) >= 11 is 0. The van der Waals surface area contributed by atoms with Gasteiger partial charge in [-0.2, -0.15) is 9.97 Å². The Morgan fingerprint density at radius 1 is 1.47 bits per heavy atom. The van der Waals surface area contributed by atoms with E-state index in [9.17, 15) is 0 Å². The number of H-pyrrole nitrogens is 1. The number of hydrogen-bond donors (Lipinski definition) is 3. The molecule has 0 aliphatic rings. The quantitative estimate of drug-likeness (QED) is 0.663. The number of nitrogens with one attached hydrogen (secondary N) is 2. The first-order chi connectivity index (χ1) is 8.16.